The van der Waals surface area contributed by atoms with E-state index in [9.17, 15) is 9.59 Å². The van der Waals surface area contributed by atoms with Crippen molar-refractivity contribution in [2.24, 2.45) is 0 Å². The largest absolute Gasteiger partial charge is 0.443 e. The second kappa shape index (κ2) is 6.73. The average molecular weight is 267 g/mol. The number of hydrogen-bond donors (Lipinski definition) is 0. The summed E-state index contributed by atoms with van der Waals surface area (Å²) in [5.41, 5.74) is -0.0576. The monoisotopic (exact) mass is 267 g/mol. The van der Waals surface area contributed by atoms with Crippen molar-refractivity contribution in [2.45, 2.75) is 58.5 Å². The lowest BCUT2D eigenvalue weighted by atomic mass is 9.99. The fraction of sp³-hybridized carbons (Fsp3) is 0.733. The third-order valence-corrected chi connectivity index (χ3v) is 3.41. The number of piperidine rings is 1. The van der Waals surface area contributed by atoms with E-state index in [-0.39, 0.29) is 11.9 Å². The van der Waals surface area contributed by atoms with Gasteiger partial charge in [-0.3, -0.25) is 4.79 Å². The number of ether oxygens (including phenoxy) is 1. The maximum absolute atomic E-state index is 12.0. The zero-order valence-corrected chi connectivity index (χ0v) is 12.3. The summed E-state index contributed by atoms with van der Waals surface area (Å²) in [7, 11) is 0. The smallest absolute Gasteiger partial charge is 0.410 e. The molecule has 0 radical (unpaired) electrons. The summed E-state index contributed by atoms with van der Waals surface area (Å²) >= 11 is 0. The Hall–Kier alpha value is -1.32. The van der Waals surface area contributed by atoms with Crippen molar-refractivity contribution in [3.63, 3.8) is 0 Å². The summed E-state index contributed by atoms with van der Waals surface area (Å²) in [5.74, 6) is 0.0297. The standard InChI is InChI=1S/C15H25NO3/c1-12(2)13(17)8-9-15(3,4)19-14(18)16-10-6-5-7-11-16/h1,5-11H2,2-4H3. The number of nitrogens with zero attached hydrogens (tertiary/aromatic N) is 1. The van der Waals surface area contributed by atoms with Gasteiger partial charge in [0.25, 0.3) is 0 Å². The number of carbonyl (C=O) groups is 2. The van der Waals surface area contributed by atoms with E-state index in [1.54, 1.807) is 11.8 Å². The quantitative estimate of drug-likeness (QED) is 0.718. The normalized spacial score (nSPS) is 16.1. The molecule has 1 saturated heterocycles. The van der Waals surface area contributed by atoms with Crippen molar-refractivity contribution in [1.29, 1.82) is 0 Å². The summed E-state index contributed by atoms with van der Waals surface area (Å²) in [6.07, 6.45) is 3.91. The molecule has 1 amide bonds. The average Bonchev–Trinajstić information content (AvgIpc) is 2.36. The minimum Gasteiger partial charge on any atom is -0.443 e. The summed E-state index contributed by atoms with van der Waals surface area (Å²) in [6.45, 7) is 10.6. The lowest BCUT2D eigenvalue weighted by Gasteiger charge is -2.31. The van der Waals surface area contributed by atoms with Crippen molar-refractivity contribution in [3.8, 4) is 0 Å². The van der Waals surface area contributed by atoms with Crippen LogP contribution < -0.4 is 0 Å². The molecule has 0 atom stereocenters. The van der Waals surface area contributed by atoms with Crippen molar-refractivity contribution in [1.82, 2.24) is 4.90 Å². The Labute approximate surface area is 115 Å². The molecule has 1 fully saturated rings. The number of Topliss-reactive ketones (excluding diaryl/α,β-unsaturated/α-hetero) is 1. The Bertz CT molecular complexity index is 354. The Morgan fingerprint density at radius 2 is 1.79 bits per heavy atom. The minimum atomic E-state index is -0.611. The van der Waals surface area contributed by atoms with Gasteiger partial charge in [0.2, 0.25) is 0 Å². The molecule has 108 valence electrons. The molecule has 0 saturated carbocycles. The lowest BCUT2D eigenvalue weighted by molar-refractivity contribution is -0.116. The Kier molecular flexibility index (Phi) is 5.58. The zero-order chi connectivity index (χ0) is 14.5. The predicted octanol–water partition coefficient (Wildman–Crippen LogP) is 3.31. The highest BCUT2D eigenvalue weighted by Crippen LogP contribution is 2.20. The van der Waals surface area contributed by atoms with Crippen LogP contribution in [0.3, 0.4) is 0 Å². The number of hydrogen-bond acceptors (Lipinski definition) is 3. The van der Waals surface area contributed by atoms with Gasteiger partial charge in [-0.25, -0.2) is 4.79 Å². The Balaban J connectivity index is 2.42. The van der Waals surface area contributed by atoms with Crippen LogP contribution >= 0.6 is 0 Å². The molecule has 0 bridgehead atoms. The highest BCUT2D eigenvalue weighted by molar-refractivity contribution is 5.94. The summed E-state index contributed by atoms with van der Waals surface area (Å²) in [5, 5.41) is 0. The molecule has 1 aliphatic heterocycles. The topological polar surface area (TPSA) is 46.6 Å². The van der Waals surface area contributed by atoms with Gasteiger partial charge >= 0.3 is 6.09 Å². The molecule has 0 aliphatic carbocycles. The van der Waals surface area contributed by atoms with Gasteiger partial charge in [-0.15, -0.1) is 0 Å². The SMILES string of the molecule is C=C(C)C(=O)CCC(C)(C)OC(=O)N1CCCCC1. The van der Waals surface area contributed by atoms with Gasteiger partial charge < -0.3 is 9.64 Å². The van der Waals surface area contributed by atoms with Crippen LogP contribution in [-0.2, 0) is 9.53 Å². The van der Waals surface area contributed by atoms with Crippen molar-refractivity contribution in [3.05, 3.63) is 12.2 Å². The molecule has 0 N–H and O–H groups in total. The van der Waals surface area contributed by atoms with Crippen molar-refractivity contribution >= 4 is 11.9 Å². The number of allylic oxidation sites excluding steroid dienone is 1. The van der Waals surface area contributed by atoms with Gasteiger partial charge in [-0.1, -0.05) is 6.58 Å². The van der Waals surface area contributed by atoms with Gasteiger partial charge in [0.05, 0.1) is 0 Å². The van der Waals surface area contributed by atoms with E-state index in [4.69, 9.17) is 4.74 Å². The first-order valence-corrected chi connectivity index (χ1v) is 6.98. The molecule has 4 heteroatoms. The van der Waals surface area contributed by atoms with Crippen LogP contribution in [0, 0.1) is 0 Å². The van der Waals surface area contributed by atoms with Crippen LogP contribution in [0.4, 0.5) is 4.79 Å². The zero-order valence-electron chi connectivity index (χ0n) is 12.3. The van der Waals surface area contributed by atoms with E-state index < -0.39 is 5.60 Å². The van der Waals surface area contributed by atoms with Crippen molar-refractivity contribution in [2.75, 3.05) is 13.1 Å². The minimum absolute atomic E-state index is 0.0297. The van der Waals surface area contributed by atoms with Gasteiger partial charge in [-0.2, -0.15) is 0 Å². The second-order valence-electron chi connectivity index (χ2n) is 5.88. The molecule has 0 aromatic heterocycles. The molecule has 1 aliphatic rings. The number of rotatable bonds is 5. The second-order valence-corrected chi connectivity index (χ2v) is 5.88. The highest BCUT2D eigenvalue weighted by Gasteiger charge is 2.27. The lowest BCUT2D eigenvalue weighted by Crippen LogP contribution is -2.41. The first-order chi connectivity index (χ1) is 8.82. The Morgan fingerprint density at radius 3 is 2.32 bits per heavy atom. The van der Waals surface area contributed by atoms with E-state index >= 15 is 0 Å². The molecule has 0 aromatic carbocycles. The van der Waals surface area contributed by atoms with E-state index in [1.165, 1.54) is 6.42 Å². The molecule has 0 aromatic rings. The molecule has 1 heterocycles. The van der Waals surface area contributed by atoms with Crippen LogP contribution in [-0.4, -0.2) is 35.5 Å². The predicted molar refractivity (Wildman–Crippen MR) is 75.0 cm³/mol. The fourth-order valence-corrected chi connectivity index (χ4v) is 2.06. The molecular formula is C15H25NO3. The van der Waals surface area contributed by atoms with Gasteiger partial charge in [-0.05, 0) is 52.0 Å². The molecule has 0 unspecified atom stereocenters. The van der Waals surface area contributed by atoms with Crippen LogP contribution in [0.15, 0.2) is 12.2 Å². The molecule has 19 heavy (non-hydrogen) atoms. The highest BCUT2D eigenvalue weighted by atomic mass is 16.6. The molecule has 0 spiro atoms. The van der Waals surface area contributed by atoms with E-state index in [2.05, 4.69) is 6.58 Å². The van der Waals surface area contributed by atoms with Crippen molar-refractivity contribution < 1.29 is 14.3 Å². The number of likely N-dealkylation sites (tertiary alicyclic amines) is 1. The van der Waals surface area contributed by atoms with E-state index in [1.807, 2.05) is 13.8 Å². The maximum atomic E-state index is 12.0. The third kappa shape index (κ3) is 5.45. The van der Waals surface area contributed by atoms with Crippen LogP contribution in [0.5, 0.6) is 0 Å². The van der Waals surface area contributed by atoms with Gasteiger partial charge in [0.15, 0.2) is 5.78 Å². The van der Waals surface area contributed by atoms with Gasteiger partial charge in [0, 0.05) is 19.5 Å². The number of ketones is 1. The third-order valence-electron chi connectivity index (χ3n) is 3.41. The molecule has 4 nitrogen and oxygen atoms in total. The molecular weight excluding hydrogens is 242 g/mol. The Morgan fingerprint density at radius 1 is 1.21 bits per heavy atom. The van der Waals surface area contributed by atoms with Crippen LogP contribution in [0.2, 0.25) is 0 Å². The number of carbonyl (C=O) groups excluding carboxylic acids is 2. The fourth-order valence-electron chi connectivity index (χ4n) is 2.06. The maximum Gasteiger partial charge on any atom is 0.410 e. The summed E-state index contributed by atoms with van der Waals surface area (Å²) in [4.78, 5) is 25.3. The van der Waals surface area contributed by atoms with Gasteiger partial charge in [0.1, 0.15) is 5.60 Å². The van der Waals surface area contributed by atoms with Crippen LogP contribution in [0.25, 0.3) is 0 Å². The summed E-state index contributed by atoms with van der Waals surface area (Å²) < 4.78 is 5.51. The van der Waals surface area contributed by atoms with Crippen LogP contribution in [0.1, 0.15) is 52.9 Å². The van der Waals surface area contributed by atoms with E-state index in [0.717, 1.165) is 25.9 Å². The first-order valence-electron chi connectivity index (χ1n) is 6.98. The first kappa shape index (κ1) is 15.7. The molecule has 1 rings (SSSR count). The van der Waals surface area contributed by atoms with E-state index in [0.29, 0.717) is 18.4 Å². The number of amides is 1. The summed E-state index contributed by atoms with van der Waals surface area (Å²) in [6, 6.07) is 0.